The summed E-state index contributed by atoms with van der Waals surface area (Å²) in [7, 11) is 0. The maximum absolute atomic E-state index is 12.1. The van der Waals surface area contributed by atoms with Crippen LogP contribution < -0.4 is 9.47 Å². The maximum Gasteiger partial charge on any atom is 0.336 e. The van der Waals surface area contributed by atoms with Crippen LogP contribution in [0.3, 0.4) is 0 Å². The van der Waals surface area contributed by atoms with E-state index in [-0.39, 0.29) is 0 Å². The molecule has 0 aliphatic heterocycles. The van der Waals surface area contributed by atoms with Crippen LogP contribution in [0.4, 0.5) is 5.69 Å². The summed E-state index contributed by atoms with van der Waals surface area (Å²) in [6.45, 7) is 2.56. The molecule has 0 aliphatic carbocycles. The number of carbonyl (C=O) groups excluding carboxylic acids is 1. The van der Waals surface area contributed by atoms with Crippen LogP contribution in [0.1, 0.15) is 18.1 Å². The van der Waals surface area contributed by atoms with Crippen LogP contribution in [-0.4, -0.2) is 18.8 Å². The molecule has 0 unspecified atom stereocenters. The zero-order valence-corrected chi connectivity index (χ0v) is 17.8. The highest BCUT2D eigenvalue weighted by Gasteiger charge is 2.01. The van der Waals surface area contributed by atoms with Gasteiger partial charge in [-0.25, -0.2) is 4.79 Å². The number of ether oxygens (including phenoxy) is 2. The minimum Gasteiger partial charge on any atom is -0.494 e. The van der Waals surface area contributed by atoms with Gasteiger partial charge in [-0.1, -0.05) is 42.5 Å². The average molecular weight is 421 g/mol. The molecule has 0 amide bonds. The highest BCUT2D eigenvalue weighted by Crippen LogP contribution is 2.21. The number of fused-ring (bicyclic) bond motifs is 1. The number of aliphatic imine (C=N–C) groups is 1. The predicted molar refractivity (Wildman–Crippen MR) is 130 cm³/mol. The molecule has 0 bridgehead atoms. The molecule has 158 valence electrons. The summed E-state index contributed by atoms with van der Waals surface area (Å²) in [6.07, 6.45) is 4.91. The van der Waals surface area contributed by atoms with Gasteiger partial charge < -0.3 is 9.47 Å². The maximum atomic E-state index is 12.1. The van der Waals surface area contributed by atoms with Gasteiger partial charge in [-0.05, 0) is 83.4 Å². The fourth-order valence-corrected chi connectivity index (χ4v) is 3.18. The van der Waals surface area contributed by atoms with E-state index in [4.69, 9.17) is 9.47 Å². The monoisotopic (exact) mass is 421 g/mol. The van der Waals surface area contributed by atoms with Gasteiger partial charge >= 0.3 is 5.97 Å². The third-order valence-corrected chi connectivity index (χ3v) is 4.80. The Labute approximate surface area is 187 Å². The molecule has 0 spiro atoms. The third-order valence-electron chi connectivity index (χ3n) is 4.80. The van der Waals surface area contributed by atoms with Crippen molar-refractivity contribution in [1.82, 2.24) is 0 Å². The van der Waals surface area contributed by atoms with E-state index in [1.807, 2.05) is 61.5 Å². The van der Waals surface area contributed by atoms with Gasteiger partial charge in [0.15, 0.2) is 0 Å². The molecule has 0 radical (unpaired) electrons. The van der Waals surface area contributed by atoms with Crippen molar-refractivity contribution in [2.24, 2.45) is 4.99 Å². The average Bonchev–Trinajstić information content (AvgIpc) is 2.83. The van der Waals surface area contributed by atoms with Gasteiger partial charge in [0, 0.05) is 12.3 Å². The minimum absolute atomic E-state index is 0.434. The molecular formula is C28H23NO3. The Morgan fingerprint density at radius 2 is 1.50 bits per heavy atom. The Morgan fingerprint density at radius 3 is 2.25 bits per heavy atom. The molecule has 4 aromatic carbocycles. The predicted octanol–water partition coefficient (Wildman–Crippen LogP) is 6.61. The van der Waals surface area contributed by atoms with E-state index in [1.165, 1.54) is 11.5 Å². The van der Waals surface area contributed by atoms with Gasteiger partial charge in [-0.3, -0.25) is 4.99 Å². The SMILES string of the molecule is CCOc1ccc(/C=C/C(=O)Oc2ccc(C=Nc3ccc4ccccc4c3)cc2)cc1. The van der Waals surface area contributed by atoms with Crippen molar-refractivity contribution < 1.29 is 14.3 Å². The van der Waals surface area contributed by atoms with Gasteiger partial charge in [-0.15, -0.1) is 0 Å². The second kappa shape index (κ2) is 10.2. The number of hydrogen-bond acceptors (Lipinski definition) is 4. The lowest BCUT2D eigenvalue weighted by Gasteiger charge is -2.03. The summed E-state index contributed by atoms with van der Waals surface area (Å²) >= 11 is 0. The van der Waals surface area contributed by atoms with Crippen LogP contribution in [-0.2, 0) is 4.79 Å². The van der Waals surface area contributed by atoms with E-state index in [2.05, 4.69) is 29.3 Å². The van der Waals surface area contributed by atoms with Crippen molar-refractivity contribution in [3.05, 3.63) is 108 Å². The lowest BCUT2D eigenvalue weighted by molar-refractivity contribution is -0.128. The third kappa shape index (κ3) is 5.70. The molecule has 0 aromatic heterocycles. The van der Waals surface area contributed by atoms with E-state index >= 15 is 0 Å². The van der Waals surface area contributed by atoms with E-state index in [1.54, 1.807) is 24.4 Å². The summed E-state index contributed by atoms with van der Waals surface area (Å²) in [5.74, 6) is 0.849. The quantitative estimate of drug-likeness (QED) is 0.146. The van der Waals surface area contributed by atoms with Crippen molar-refractivity contribution in [2.75, 3.05) is 6.61 Å². The van der Waals surface area contributed by atoms with Crippen LogP contribution in [0.2, 0.25) is 0 Å². The largest absolute Gasteiger partial charge is 0.494 e. The van der Waals surface area contributed by atoms with Crippen LogP contribution in [0.25, 0.3) is 16.8 Å². The Kier molecular flexibility index (Phi) is 6.73. The van der Waals surface area contributed by atoms with Crippen molar-refractivity contribution in [3.8, 4) is 11.5 Å². The molecule has 4 nitrogen and oxygen atoms in total. The van der Waals surface area contributed by atoms with E-state index in [9.17, 15) is 4.79 Å². The fourth-order valence-electron chi connectivity index (χ4n) is 3.18. The van der Waals surface area contributed by atoms with E-state index < -0.39 is 5.97 Å². The highest BCUT2D eigenvalue weighted by molar-refractivity contribution is 5.89. The molecule has 32 heavy (non-hydrogen) atoms. The lowest BCUT2D eigenvalue weighted by Crippen LogP contribution is -2.03. The standard InChI is InChI=1S/C28H23NO3/c1-2-31-26-14-7-21(8-15-26)11-18-28(30)32-27-16-9-22(10-17-27)20-29-25-13-12-23-5-3-4-6-24(23)19-25/h3-20H,2H2,1H3/b18-11+,29-20?. The van der Waals surface area contributed by atoms with Gasteiger partial charge in [0.05, 0.1) is 12.3 Å². The molecular weight excluding hydrogens is 398 g/mol. The van der Waals surface area contributed by atoms with Crippen LogP contribution in [0, 0.1) is 0 Å². The van der Waals surface area contributed by atoms with Crippen molar-refractivity contribution >= 4 is 34.7 Å². The Bertz CT molecular complexity index is 1260. The van der Waals surface area contributed by atoms with Crippen molar-refractivity contribution in [2.45, 2.75) is 6.92 Å². The second-order valence-electron chi connectivity index (χ2n) is 7.12. The number of benzene rings is 4. The molecule has 0 atom stereocenters. The minimum atomic E-state index is -0.434. The number of esters is 1. The lowest BCUT2D eigenvalue weighted by atomic mass is 10.1. The number of rotatable bonds is 7. The van der Waals surface area contributed by atoms with E-state index in [0.717, 1.165) is 28.0 Å². The summed E-state index contributed by atoms with van der Waals surface area (Å²) in [6, 6.07) is 29.0. The summed E-state index contributed by atoms with van der Waals surface area (Å²) in [5, 5.41) is 2.34. The number of carbonyl (C=O) groups is 1. The first kappa shape index (κ1) is 21.1. The van der Waals surface area contributed by atoms with Gasteiger partial charge in [-0.2, -0.15) is 0 Å². The molecule has 0 saturated heterocycles. The Balaban J connectivity index is 1.34. The summed E-state index contributed by atoms with van der Waals surface area (Å²) in [4.78, 5) is 16.6. The smallest absolute Gasteiger partial charge is 0.336 e. The Hall–Kier alpha value is -4.18. The summed E-state index contributed by atoms with van der Waals surface area (Å²) in [5.41, 5.74) is 2.70. The topological polar surface area (TPSA) is 47.9 Å². The molecule has 0 N–H and O–H groups in total. The van der Waals surface area contributed by atoms with Crippen LogP contribution >= 0.6 is 0 Å². The zero-order chi connectivity index (χ0) is 22.2. The molecule has 0 heterocycles. The number of nitrogens with zero attached hydrogens (tertiary/aromatic N) is 1. The van der Waals surface area contributed by atoms with Crippen molar-refractivity contribution in [3.63, 3.8) is 0 Å². The molecule has 4 rings (SSSR count). The molecule has 0 fully saturated rings. The fraction of sp³-hybridized carbons (Fsp3) is 0.0714. The van der Waals surface area contributed by atoms with Gasteiger partial charge in [0.2, 0.25) is 0 Å². The van der Waals surface area contributed by atoms with E-state index in [0.29, 0.717) is 12.4 Å². The van der Waals surface area contributed by atoms with Crippen LogP contribution in [0.5, 0.6) is 11.5 Å². The zero-order valence-electron chi connectivity index (χ0n) is 17.8. The normalized spacial score (nSPS) is 11.3. The molecule has 4 aromatic rings. The van der Waals surface area contributed by atoms with Crippen LogP contribution in [0.15, 0.2) is 102 Å². The molecule has 4 heteroatoms. The first-order valence-electron chi connectivity index (χ1n) is 10.5. The first-order valence-corrected chi connectivity index (χ1v) is 10.5. The number of hydrogen-bond donors (Lipinski definition) is 0. The highest BCUT2D eigenvalue weighted by atomic mass is 16.5. The molecule has 0 saturated carbocycles. The second-order valence-corrected chi connectivity index (χ2v) is 7.12. The van der Waals surface area contributed by atoms with Crippen molar-refractivity contribution in [1.29, 1.82) is 0 Å². The van der Waals surface area contributed by atoms with Gasteiger partial charge in [0.1, 0.15) is 11.5 Å². The molecule has 0 aliphatic rings. The van der Waals surface area contributed by atoms with Gasteiger partial charge in [0.25, 0.3) is 0 Å². The first-order chi connectivity index (χ1) is 15.7. The Morgan fingerprint density at radius 1 is 0.812 bits per heavy atom. The summed E-state index contributed by atoms with van der Waals surface area (Å²) < 4.78 is 10.8.